The van der Waals surface area contributed by atoms with E-state index >= 15 is 0 Å². The maximum atomic E-state index is 12.4. The first-order valence-electron chi connectivity index (χ1n) is 8.65. The first-order chi connectivity index (χ1) is 12.2. The highest BCUT2D eigenvalue weighted by molar-refractivity contribution is 5.92. The van der Waals surface area contributed by atoms with Gasteiger partial charge in [-0.25, -0.2) is 0 Å². The molecule has 0 aliphatic carbocycles. The fourth-order valence-electron chi connectivity index (χ4n) is 3.41. The van der Waals surface area contributed by atoms with Crippen molar-refractivity contribution >= 4 is 16.7 Å². The number of carbonyl (C=O) groups excluding carboxylic acids is 1. The van der Waals surface area contributed by atoms with Crippen molar-refractivity contribution in [2.45, 2.75) is 32.4 Å². The minimum Gasteiger partial charge on any atom is -0.496 e. The van der Waals surface area contributed by atoms with Crippen molar-refractivity contribution in [2.75, 3.05) is 7.11 Å². The molecule has 5 nitrogen and oxygen atoms in total. The van der Waals surface area contributed by atoms with Crippen LogP contribution in [-0.2, 0) is 19.5 Å². The van der Waals surface area contributed by atoms with Gasteiger partial charge in [-0.1, -0.05) is 24.3 Å². The van der Waals surface area contributed by atoms with Crippen LogP contribution in [-0.4, -0.2) is 22.8 Å². The Morgan fingerprint density at radius 3 is 2.96 bits per heavy atom. The van der Waals surface area contributed by atoms with E-state index in [0.29, 0.717) is 12.2 Å². The highest BCUT2D eigenvalue weighted by Gasteiger charge is 2.16. The molecule has 128 valence electrons. The molecule has 1 aliphatic heterocycles. The van der Waals surface area contributed by atoms with Crippen LogP contribution in [0.2, 0.25) is 0 Å². The molecule has 3 aromatic rings. The Morgan fingerprint density at radius 2 is 2.12 bits per heavy atom. The first kappa shape index (κ1) is 15.7. The van der Waals surface area contributed by atoms with Crippen molar-refractivity contribution in [1.29, 1.82) is 0 Å². The molecule has 25 heavy (non-hydrogen) atoms. The smallest absolute Gasteiger partial charge is 0.272 e. The Labute approximate surface area is 146 Å². The first-order valence-corrected chi connectivity index (χ1v) is 8.65. The fraction of sp³-hybridized carbons (Fsp3) is 0.300. The molecule has 1 amide bonds. The number of fused-ring (bicyclic) bond motifs is 2. The fourth-order valence-corrected chi connectivity index (χ4v) is 3.41. The molecule has 0 spiro atoms. The Morgan fingerprint density at radius 1 is 1.24 bits per heavy atom. The molecule has 0 fully saturated rings. The Bertz CT molecular complexity index is 906. The van der Waals surface area contributed by atoms with Crippen molar-refractivity contribution < 1.29 is 9.53 Å². The number of nitrogens with one attached hydrogen (secondary N) is 1. The zero-order valence-electron chi connectivity index (χ0n) is 14.3. The van der Waals surface area contributed by atoms with E-state index in [1.54, 1.807) is 7.11 Å². The van der Waals surface area contributed by atoms with Gasteiger partial charge in [0.05, 0.1) is 7.11 Å². The third kappa shape index (κ3) is 3.09. The Balaban J connectivity index is 1.51. The van der Waals surface area contributed by atoms with Gasteiger partial charge in [-0.3, -0.25) is 9.48 Å². The van der Waals surface area contributed by atoms with Crippen molar-refractivity contribution in [2.24, 2.45) is 0 Å². The molecular formula is C20H21N3O2. The molecule has 2 heterocycles. The van der Waals surface area contributed by atoms with E-state index in [-0.39, 0.29) is 5.91 Å². The number of nitrogens with zero attached hydrogens (tertiary/aromatic N) is 2. The second kappa shape index (κ2) is 6.59. The lowest BCUT2D eigenvalue weighted by Gasteiger charge is -2.11. The van der Waals surface area contributed by atoms with Crippen LogP contribution >= 0.6 is 0 Å². The molecule has 0 radical (unpaired) electrons. The molecular weight excluding hydrogens is 314 g/mol. The minimum atomic E-state index is -0.131. The van der Waals surface area contributed by atoms with Crippen LogP contribution in [0.15, 0.2) is 42.5 Å². The predicted molar refractivity (Wildman–Crippen MR) is 96.8 cm³/mol. The third-order valence-corrected chi connectivity index (χ3v) is 4.71. The molecule has 0 saturated heterocycles. The Hall–Kier alpha value is -2.82. The van der Waals surface area contributed by atoms with Crippen molar-refractivity contribution in [1.82, 2.24) is 15.1 Å². The number of hydrogen-bond acceptors (Lipinski definition) is 3. The zero-order chi connectivity index (χ0) is 17.2. The normalized spacial score (nSPS) is 13.5. The summed E-state index contributed by atoms with van der Waals surface area (Å²) in [5.74, 6) is 0.689. The maximum absolute atomic E-state index is 12.4. The van der Waals surface area contributed by atoms with Gasteiger partial charge in [0.25, 0.3) is 5.91 Å². The summed E-state index contributed by atoms with van der Waals surface area (Å²) < 4.78 is 7.44. The highest BCUT2D eigenvalue weighted by Crippen LogP contribution is 2.27. The van der Waals surface area contributed by atoms with Gasteiger partial charge in [-0.2, -0.15) is 5.10 Å². The minimum absolute atomic E-state index is 0.131. The molecule has 5 heteroatoms. The highest BCUT2D eigenvalue weighted by atomic mass is 16.5. The number of hydrogen-bond donors (Lipinski definition) is 1. The van der Waals surface area contributed by atoms with E-state index in [4.69, 9.17) is 4.74 Å². The van der Waals surface area contributed by atoms with E-state index in [1.807, 2.05) is 41.1 Å². The molecule has 2 aromatic carbocycles. The van der Waals surface area contributed by atoms with Crippen molar-refractivity contribution in [3.8, 4) is 5.75 Å². The van der Waals surface area contributed by atoms with E-state index in [9.17, 15) is 4.79 Å². The summed E-state index contributed by atoms with van der Waals surface area (Å²) in [6.45, 7) is 1.35. The van der Waals surface area contributed by atoms with Gasteiger partial charge in [0.15, 0.2) is 0 Å². The van der Waals surface area contributed by atoms with Gasteiger partial charge in [0.2, 0.25) is 0 Å². The van der Waals surface area contributed by atoms with Crippen molar-refractivity contribution in [3.63, 3.8) is 0 Å². The second-order valence-corrected chi connectivity index (χ2v) is 6.40. The lowest BCUT2D eigenvalue weighted by atomic mass is 10.1. The third-order valence-electron chi connectivity index (χ3n) is 4.71. The summed E-state index contributed by atoms with van der Waals surface area (Å²) in [6.07, 6.45) is 3.30. The maximum Gasteiger partial charge on any atom is 0.272 e. The van der Waals surface area contributed by atoms with Crippen molar-refractivity contribution in [3.05, 3.63) is 59.4 Å². The van der Waals surface area contributed by atoms with Crippen LogP contribution in [0.4, 0.5) is 0 Å². The summed E-state index contributed by atoms with van der Waals surface area (Å²) in [5.41, 5.74) is 2.67. The standard InChI is InChI=1S/C20H21N3O2/c1-25-19-11-14(10-15-6-2-3-8-17(15)19)13-21-20(24)18-12-16-7-4-5-9-23(16)22-18/h2-3,6,8,10-12H,4-5,7,9,13H2,1H3,(H,21,24). The van der Waals surface area contributed by atoms with E-state index in [2.05, 4.69) is 16.5 Å². The van der Waals surface area contributed by atoms with Gasteiger partial charge in [0.1, 0.15) is 11.4 Å². The average molecular weight is 335 g/mol. The number of rotatable bonds is 4. The number of benzene rings is 2. The molecule has 0 atom stereocenters. The molecule has 0 saturated carbocycles. The Kier molecular flexibility index (Phi) is 4.14. The summed E-state index contributed by atoms with van der Waals surface area (Å²) in [4.78, 5) is 12.4. The van der Waals surface area contributed by atoms with E-state index < -0.39 is 0 Å². The molecule has 4 rings (SSSR count). The van der Waals surface area contributed by atoms with Gasteiger partial charge < -0.3 is 10.1 Å². The SMILES string of the molecule is COc1cc(CNC(=O)c2cc3n(n2)CCCC3)cc2ccccc12. The summed E-state index contributed by atoms with van der Waals surface area (Å²) in [7, 11) is 1.67. The lowest BCUT2D eigenvalue weighted by molar-refractivity contribution is 0.0945. The summed E-state index contributed by atoms with van der Waals surface area (Å²) >= 11 is 0. The van der Waals surface area contributed by atoms with Gasteiger partial charge in [-0.15, -0.1) is 0 Å². The summed E-state index contributed by atoms with van der Waals surface area (Å²) in [6, 6.07) is 14.0. The molecule has 1 N–H and O–H groups in total. The van der Waals surface area contributed by atoms with Crippen LogP contribution in [0, 0.1) is 0 Å². The topological polar surface area (TPSA) is 56.1 Å². The number of ether oxygens (including phenoxy) is 1. The molecule has 0 bridgehead atoms. The van der Waals surface area contributed by atoms with E-state index in [0.717, 1.165) is 47.2 Å². The quantitative estimate of drug-likeness (QED) is 0.796. The van der Waals surface area contributed by atoms with Gasteiger partial charge in [0, 0.05) is 24.2 Å². The van der Waals surface area contributed by atoms with Crippen LogP contribution in [0.3, 0.4) is 0 Å². The van der Waals surface area contributed by atoms with Crippen LogP contribution < -0.4 is 10.1 Å². The van der Waals surface area contributed by atoms with Gasteiger partial charge in [-0.05, 0) is 48.4 Å². The lowest BCUT2D eigenvalue weighted by Crippen LogP contribution is -2.23. The van der Waals surface area contributed by atoms with E-state index in [1.165, 1.54) is 6.42 Å². The van der Waals surface area contributed by atoms with Crippen LogP contribution in [0.1, 0.15) is 34.6 Å². The van der Waals surface area contributed by atoms with Crippen LogP contribution in [0.5, 0.6) is 5.75 Å². The monoisotopic (exact) mass is 335 g/mol. The van der Waals surface area contributed by atoms with Crippen LogP contribution in [0.25, 0.3) is 10.8 Å². The number of carbonyl (C=O) groups is 1. The van der Waals surface area contributed by atoms with Gasteiger partial charge >= 0.3 is 0 Å². The largest absolute Gasteiger partial charge is 0.496 e. The zero-order valence-corrected chi connectivity index (χ0v) is 14.3. The molecule has 1 aromatic heterocycles. The number of amides is 1. The molecule has 1 aliphatic rings. The predicted octanol–water partition coefficient (Wildman–Crippen LogP) is 3.31. The number of aromatic nitrogens is 2. The molecule has 0 unspecified atom stereocenters. The number of methoxy groups -OCH3 is 1. The number of aryl methyl sites for hydroxylation is 2. The summed E-state index contributed by atoms with van der Waals surface area (Å²) in [5, 5.41) is 9.57. The average Bonchev–Trinajstić information content (AvgIpc) is 3.09. The second-order valence-electron chi connectivity index (χ2n) is 6.40.